The summed E-state index contributed by atoms with van der Waals surface area (Å²) >= 11 is 13.5. The Balaban J connectivity index is 1.63. The number of hydrogen-bond donors (Lipinski definition) is 2. The quantitative estimate of drug-likeness (QED) is 0.390. The molecule has 8 heteroatoms. The van der Waals surface area contributed by atoms with Gasteiger partial charge in [0.15, 0.2) is 0 Å². The average Bonchev–Trinajstić information content (AvgIpc) is 2.77. The van der Waals surface area contributed by atoms with Gasteiger partial charge in [-0.2, -0.15) is 0 Å². The summed E-state index contributed by atoms with van der Waals surface area (Å²) in [6.45, 7) is 1.79. The molecule has 0 aromatic heterocycles. The van der Waals surface area contributed by atoms with Crippen LogP contribution in [0.2, 0.25) is 10.0 Å². The number of methoxy groups -OCH3 is 1. The number of ether oxygens (including phenoxy) is 1. The molecule has 0 heterocycles. The highest BCUT2D eigenvalue weighted by Gasteiger charge is 2.17. The van der Waals surface area contributed by atoms with Gasteiger partial charge < -0.3 is 15.4 Å². The van der Waals surface area contributed by atoms with Crippen LogP contribution in [0.4, 0.5) is 11.4 Å². The summed E-state index contributed by atoms with van der Waals surface area (Å²) in [6.07, 6.45) is 0. The molecule has 3 aromatic rings. The van der Waals surface area contributed by atoms with Gasteiger partial charge in [0.2, 0.25) is 5.91 Å². The minimum atomic E-state index is -0.400. The number of nitrogens with one attached hydrogen (secondary N) is 2. The first-order valence-corrected chi connectivity index (χ1v) is 11.0. The summed E-state index contributed by atoms with van der Waals surface area (Å²) < 4.78 is 5.11. The largest absolute Gasteiger partial charge is 0.497 e. The van der Waals surface area contributed by atoms with Crippen LogP contribution < -0.4 is 15.4 Å². The Morgan fingerprint density at radius 3 is 2.39 bits per heavy atom. The number of carbonyl (C=O) groups excluding carboxylic acids is 2. The van der Waals surface area contributed by atoms with Crippen molar-refractivity contribution in [3.63, 3.8) is 0 Å². The second-order valence-corrected chi connectivity index (χ2v) is 8.76. The third-order valence-electron chi connectivity index (χ3n) is 4.34. The molecule has 0 saturated heterocycles. The van der Waals surface area contributed by atoms with Crippen molar-refractivity contribution in [1.29, 1.82) is 0 Å². The van der Waals surface area contributed by atoms with Gasteiger partial charge in [0.1, 0.15) is 5.75 Å². The molecule has 0 aliphatic heterocycles. The first kappa shape index (κ1) is 23.0. The van der Waals surface area contributed by atoms with Crippen LogP contribution in [0.25, 0.3) is 0 Å². The zero-order valence-corrected chi connectivity index (χ0v) is 19.1. The van der Waals surface area contributed by atoms with E-state index in [0.29, 0.717) is 32.7 Å². The fourth-order valence-electron chi connectivity index (χ4n) is 2.69. The minimum absolute atomic E-state index is 0.207. The molecule has 0 saturated carbocycles. The van der Waals surface area contributed by atoms with Gasteiger partial charge in [-0.05, 0) is 61.5 Å². The molecule has 1 atom stereocenters. The van der Waals surface area contributed by atoms with Crippen molar-refractivity contribution in [2.24, 2.45) is 0 Å². The van der Waals surface area contributed by atoms with Gasteiger partial charge in [0.25, 0.3) is 5.91 Å². The Morgan fingerprint density at radius 1 is 0.968 bits per heavy atom. The predicted octanol–water partition coefficient (Wildman–Crippen LogP) is 6.37. The summed E-state index contributed by atoms with van der Waals surface area (Å²) in [5.41, 5.74) is 1.62. The van der Waals surface area contributed by atoms with E-state index in [1.165, 1.54) is 11.8 Å². The minimum Gasteiger partial charge on any atom is -0.497 e. The first-order valence-electron chi connectivity index (χ1n) is 9.34. The topological polar surface area (TPSA) is 67.4 Å². The zero-order chi connectivity index (χ0) is 22.4. The number of carbonyl (C=O) groups is 2. The van der Waals surface area contributed by atoms with Crippen LogP contribution in [0, 0.1) is 0 Å². The highest BCUT2D eigenvalue weighted by molar-refractivity contribution is 8.00. The lowest BCUT2D eigenvalue weighted by Gasteiger charge is -2.14. The van der Waals surface area contributed by atoms with Crippen LogP contribution in [0.5, 0.6) is 5.75 Å². The predicted molar refractivity (Wildman–Crippen MR) is 128 cm³/mol. The molecule has 0 radical (unpaired) electrons. The lowest BCUT2D eigenvalue weighted by Crippen LogP contribution is -2.22. The molecule has 0 bridgehead atoms. The number of rotatable bonds is 7. The van der Waals surface area contributed by atoms with Crippen molar-refractivity contribution >= 4 is 58.2 Å². The summed E-state index contributed by atoms with van der Waals surface area (Å²) in [4.78, 5) is 25.9. The van der Waals surface area contributed by atoms with E-state index < -0.39 is 5.25 Å². The maximum absolute atomic E-state index is 12.6. The first-order chi connectivity index (χ1) is 14.9. The van der Waals surface area contributed by atoms with Crippen molar-refractivity contribution < 1.29 is 14.3 Å². The monoisotopic (exact) mass is 474 g/mol. The van der Waals surface area contributed by atoms with Crippen molar-refractivity contribution in [3.05, 3.63) is 82.3 Å². The fourth-order valence-corrected chi connectivity index (χ4v) is 3.96. The van der Waals surface area contributed by atoms with Crippen molar-refractivity contribution in [2.75, 3.05) is 17.7 Å². The maximum Gasteiger partial charge on any atom is 0.255 e. The van der Waals surface area contributed by atoms with Crippen LogP contribution in [-0.2, 0) is 4.79 Å². The van der Waals surface area contributed by atoms with E-state index in [-0.39, 0.29) is 11.8 Å². The number of halogens is 2. The number of amides is 2. The molecule has 160 valence electrons. The molecule has 0 fully saturated rings. The van der Waals surface area contributed by atoms with Gasteiger partial charge in [0.05, 0.1) is 28.1 Å². The van der Waals surface area contributed by atoms with Gasteiger partial charge in [-0.1, -0.05) is 35.3 Å². The van der Waals surface area contributed by atoms with Crippen LogP contribution >= 0.6 is 35.0 Å². The highest BCUT2D eigenvalue weighted by atomic mass is 35.5. The van der Waals surface area contributed by atoms with E-state index >= 15 is 0 Å². The molecule has 0 aliphatic carbocycles. The summed E-state index contributed by atoms with van der Waals surface area (Å²) in [5.74, 6) is 0.245. The van der Waals surface area contributed by atoms with Crippen LogP contribution in [0.1, 0.15) is 17.3 Å². The van der Waals surface area contributed by atoms with Crippen molar-refractivity contribution in [3.8, 4) is 5.75 Å². The standard InChI is InChI=1S/C23H20Cl2N2O3S/c1-14(22(28)27-20-8-4-7-19(24)21(20)25)31-18-6-3-5-16(13-18)26-23(29)15-9-11-17(30-2)12-10-15/h3-14H,1-2H3,(H,26,29)(H,27,28). The van der Waals surface area contributed by atoms with E-state index in [0.717, 1.165) is 4.90 Å². The Labute approximate surface area is 195 Å². The second kappa shape index (κ2) is 10.6. The highest BCUT2D eigenvalue weighted by Crippen LogP contribution is 2.31. The van der Waals surface area contributed by atoms with Crippen molar-refractivity contribution in [2.45, 2.75) is 17.1 Å². The molecule has 1 unspecified atom stereocenters. The summed E-state index contributed by atoms with van der Waals surface area (Å²) in [7, 11) is 1.57. The SMILES string of the molecule is COc1ccc(C(=O)Nc2cccc(SC(C)C(=O)Nc3cccc(Cl)c3Cl)c2)cc1. The number of hydrogen-bond acceptors (Lipinski definition) is 4. The molecule has 0 spiro atoms. The van der Waals surface area contributed by atoms with Crippen LogP contribution in [0.3, 0.4) is 0 Å². The molecular formula is C23H20Cl2N2O3S. The Kier molecular flexibility index (Phi) is 7.85. The fraction of sp³-hybridized carbons (Fsp3) is 0.130. The van der Waals surface area contributed by atoms with Crippen LogP contribution in [-0.4, -0.2) is 24.2 Å². The molecule has 2 N–H and O–H groups in total. The Hall–Kier alpha value is -2.67. The van der Waals surface area contributed by atoms with E-state index in [9.17, 15) is 9.59 Å². The number of anilines is 2. The molecule has 31 heavy (non-hydrogen) atoms. The third kappa shape index (κ3) is 6.17. The molecule has 5 nitrogen and oxygen atoms in total. The van der Waals surface area contributed by atoms with E-state index in [1.807, 2.05) is 18.2 Å². The Morgan fingerprint density at radius 2 is 1.68 bits per heavy atom. The molecule has 3 rings (SSSR count). The van der Waals surface area contributed by atoms with Crippen molar-refractivity contribution in [1.82, 2.24) is 0 Å². The van der Waals surface area contributed by atoms with Gasteiger partial charge in [-0.3, -0.25) is 9.59 Å². The molecule has 0 aliphatic rings. The molecular weight excluding hydrogens is 455 g/mol. The molecule has 3 aromatic carbocycles. The lowest BCUT2D eigenvalue weighted by atomic mass is 10.2. The smallest absolute Gasteiger partial charge is 0.255 e. The van der Waals surface area contributed by atoms with Gasteiger partial charge in [0, 0.05) is 16.1 Å². The van der Waals surface area contributed by atoms with Gasteiger partial charge >= 0.3 is 0 Å². The number of benzene rings is 3. The second-order valence-electron chi connectivity index (χ2n) is 6.56. The summed E-state index contributed by atoms with van der Waals surface area (Å²) in [5, 5.41) is 5.94. The maximum atomic E-state index is 12.6. The molecule has 2 amide bonds. The normalized spacial score (nSPS) is 11.5. The third-order valence-corrected chi connectivity index (χ3v) is 6.25. The van der Waals surface area contributed by atoms with E-state index in [2.05, 4.69) is 10.6 Å². The van der Waals surface area contributed by atoms with Gasteiger partial charge in [-0.25, -0.2) is 0 Å². The lowest BCUT2D eigenvalue weighted by molar-refractivity contribution is -0.115. The number of thioether (sulfide) groups is 1. The average molecular weight is 475 g/mol. The zero-order valence-electron chi connectivity index (χ0n) is 16.8. The van der Waals surface area contributed by atoms with Crippen LogP contribution in [0.15, 0.2) is 71.6 Å². The van der Waals surface area contributed by atoms with E-state index in [4.69, 9.17) is 27.9 Å². The van der Waals surface area contributed by atoms with E-state index in [1.54, 1.807) is 62.6 Å². The Bertz CT molecular complexity index is 1090. The van der Waals surface area contributed by atoms with Gasteiger partial charge in [-0.15, -0.1) is 11.8 Å². The summed E-state index contributed by atoms with van der Waals surface area (Å²) in [6, 6.07) is 19.2.